The third-order valence-electron chi connectivity index (χ3n) is 6.27. The number of imidazole rings is 1. The maximum Gasteiger partial charge on any atom is 0.522 e. The van der Waals surface area contributed by atoms with Gasteiger partial charge in [0.05, 0.1) is 18.0 Å². The number of carbonyl (C=O) groups is 1. The number of ether oxygens (including phenoxy) is 2. The third kappa shape index (κ3) is 6.12. The number of amides is 1. The van der Waals surface area contributed by atoms with Crippen LogP contribution >= 0.6 is 0 Å². The number of rotatable bonds is 8. The van der Waals surface area contributed by atoms with E-state index in [4.69, 9.17) is 4.74 Å². The van der Waals surface area contributed by atoms with E-state index in [0.29, 0.717) is 29.5 Å². The summed E-state index contributed by atoms with van der Waals surface area (Å²) >= 11 is 0. The Bertz CT molecular complexity index is 1270. The van der Waals surface area contributed by atoms with Gasteiger partial charge in [-0.15, -0.1) is 13.2 Å². The molecule has 0 radical (unpaired) electrons. The van der Waals surface area contributed by atoms with Crippen molar-refractivity contribution in [2.24, 2.45) is 0 Å². The van der Waals surface area contributed by atoms with Gasteiger partial charge in [-0.05, 0) is 39.5 Å². The summed E-state index contributed by atoms with van der Waals surface area (Å²) < 4.78 is 62.7. The molecule has 14 heteroatoms. The summed E-state index contributed by atoms with van der Waals surface area (Å²) in [6.45, 7) is 2.85. The number of hydrogen-bond donors (Lipinski definition) is 3. The number of nitrogens with zero attached hydrogens (tertiary/aromatic N) is 4. The van der Waals surface area contributed by atoms with Crippen LogP contribution in [0.5, 0.6) is 0 Å². The van der Waals surface area contributed by atoms with Crippen LogP contribution in [0.4, 0.5) is 34.1 Å². The van der Waals surface area contributed by atoms with Crippen LogP contribution in [0, 0.1) is 0 Å². The van der Waals surface area contributed by atoms with Crippen LogP contribution in [0.1, 0.15) is 68.4 Å². The van der Waals surface area contributed by atoms with Crippen molar-refractivity contribution in [2.45, 2.75) is 82.7 Å². The van der Waals surface area contributed by atoms with Crippen molar-refractivity contribution in [1.29, 1.82) is 0 Å². The first kappa shape index (κ1) is 25.2. The number of alkyl halides is 4. The van der Waals surface area contributed by atoms with Gasteiger partial charge in [-0.3, -0.25) is 14.2 Å². The summed E-state index contributed by atoms with van der Waals surface area (Å²) in [4.78, 5) is 20.8. The smallest absolute Gasteiger partial charge is 0.443 e. The molecule has 5 rings (SSSR count). The highest BCUT2D eigenvalue weighted by Gasteiger charge is 2.39. The summed E-state index contributed by atoms with van der Waals surface area (Å²) in [6.07, 6.45) is -3.72. The number of hydrogen-bond acceptors (Lipinski definition) is 7. The molecule has 0 unspecified atom stereocenters. The molecule has 0 saturated heterocycles. The molecule has 3 aromatic rings. The first-order valence-electron chi connectivity index (χ1n) is 12.1. The lowest BCUT2D eigenvalue weighted by molar-refractivity contribution is -0.330. The monoisotopic (exact) mass is 525 g/mol. The summed E-state index contributed by atoms with van der Waals surface area (Å²) in [5.41, 5.74) is 1.99. The Kier molecular flexibility index (Phi) is 6.68. The molecule has 2 aliphatic carbocycles. The average Bonchev–Trinajstić information content (AvgIpc) is 3.23. The molecule has 0 aromatic carbocycles. The number of fused-ring (bicyclic) bond motifs is 1. The molecule has 10 nitrogen and oxygen atoms in total. The maximum atomic E-state index is 14.6. The Morgan fingerprint density at radius 2 is 2.00 bits per heavy atom. The number of alkyl carbamates (subject to hydrolysis) is 1. The first-order valence-corrected chi connectivity index (χ1v) is 12.1. The molecule has 3 aromatic heterocycles. The molecule has 1 amide bonds. The Labute approximate surface area is 209 Å². The molecule has 2 aliphatic rings. The fraction of sp³-hybridized carbons (Fsp3) is 0.565. The minimum Gasteiger partial charge on any atom is -0.443 e. The van der Waals surface area contributed by atoms with E-state index >= 15 is 0 Å². The van der Waals surface area contributed by atoms with E-state index in [1.165, 1.54) is 6.20 Å². The normalized spacial score (nSPS) is 22.1. The van der Waals surface area contributed by atoms with E-state index in [-0.39, 0.29) is 30.0 Å². The number of carbonyl (C=O) groups excluding carboxylic acids is 1. The molecule has 0 spiro atoms. The summed E-state index contributed by atoms with van der Waals surface area (Å²) in [5.74, 6) is 0.775. The van der Waals surface area contributed by atoms with E-state index in [1.807, 2.05) is 0 Å². The lowest BCUT2D eigenvalue weighted by atomic mass is 10.0. The molecular weight excluding hydrogens is 498 g/mol. The van der Waals surface area contributed by atoms with Crippen LogP contribution in [0.2, 0.25) is 0 Å². The second-order valence-corrected chi connectivity index (χ2v) is 9.73. The van der Waals surface area contributed by atoms with E-state index in [9.17, 15) is 22.4 Å². The summed E-state index contributed by atoms with van der Waals surface area (Å²) in [5, 5.41) is 12.8. The van der Waals surface area contributed by atoms with Gasteiger partial charge in [-0.2, -0.15) is 5.10 Å². The number of nitrogens with one attached hydrogen (secondary N) is 3. The minimum atomic E-state index is -4.76. The highest BCUT2D eigenvalue weighted by atomic mass is 19.4. The molecular formula is C23H27F4N7O3. The largest absolute Gasteiger partial charge is 0.522 e. The van der Waals surface area contributed by atoms with Crippen molar-refractivity contribution in [3.8, 4) is 0 Å². The average molecular weight is 526 g/mol. The van der Waals surface area contributed by atoms with E-state index in [0.717, 1.165) is 18.5 Å². The van der Waals surface area contributed by atoms with Crippen molar-refractivity contribution in [1.82, 2.24) is 29.9 Å². The van der Waals surface area contributed by atoms with Gasteiger partial charge in [0, 0.05) is 41.9 Å². The second-order valence-electron chi connectivity index (χ2n) is 9.73. The zero-order chi connectivity index (χ0) is 26.3. The van der Waals surface area contributed by atoms with Crippen molar-refractivity contribution in [3.63, 3.8) is 0 Å². The number of aromatic nitrogens is 5. The van der Waals surface area contributed by atoms with Gasteiger partial charge < -0.3 is 15.4 Å². The SMILES string of the molecule is CC(C)NC(=O)O[C@H]1C[C@@H](c2cc(Nc3nc(C4CC4)cc4nc(COC(F)(F)F)cn34)n[nH]2)C[C@H]1F. The number of halogens is 4. The standard InChI is InChI=1S/C23H27F4N7O3/c1-11(2)28-22(35)37-18-6-13(5-15(18)24)17-7-19(33-32-17)31-21-30-16(12-3-4-12)8-20-29-14(9-34(20)21)10-36-23(25,26)27/h7-9,11-13,15,18H,3-6,10H2,1-2H3,(H,28,35)(H2,30,31,32,33)/t13-,15+,18-/m0/s1. The van der Waals surface area contributed by atoms with Crippen molar-refractivity contribution in [2.75, 3.05) is 5.32 Å². The number of anilines is 2. The van der Waals surface area contributed by atoms with Crippen LogP contribution in [-0.2, 0) is 16.1 Å². The van der Waals surface area contributed by atoms with Crippen molar-refractivity contribution >= 4 is 23.5 Å². The Balaban J connectivity index is 1.31. The molecule has 2 fully saturated rings. The number of H-pyrrole nitrogens is 1. The molecule has 3 N–H and O–H groups in total. The molecule has 3 heterocycles. The second kappa shape index (κ2) is 9.80. The van der Waals surface area contributed by atoms with Gasteiger partial charge in [-0.25, -0.2) is 19.2 Å². The van der Waals surface area contributed by atoms with Gasteiger partial charge in [-0.1, -0.05) is 0 Å². The van der Waals surface area contributed by atoms with Crippen LogP contribution < -0.4 is 10.6 Å². The van der Waals surface area contributed by atoms with Crippen LogP contribution in [0.3, 0.4) is 0 Å². The molecule has 0 aliphatic heterocycles. The molecule has 0 bridgehead atoms. The maximum absolute atomic E-state index is 14.6. The Hall–Kier alpha value is -3.42. The molecule has 37 heavy (non-hydrogen) atoms. The number of aromatic amines is 1. The highest BCUT2D eigenvalue weighted by Crippen LogP contribution is 2.40. The molecule has 2 saturated carbocycles. The van der Waals surface area contributed by atoms with Gasteiger partial charge in [0.1, 0.15) is 17.9 Å². The zero-order valence-electron chi connectivity index (χ0n) is 20.2. The molecule has 200 valence electrons. The summed E-state index contributed by atoms with van der Waals surface area (Å²) in [6, 6.07) is 3.35. The van der Waals surface area contributed by atoms with E-state index in [1.54, 1.807) is 30.4 Å². The van der Waals surface area contributed by atoms with Crippen LogP contribution in [0.25, 0.3) is 5.65 Å². The zero-order valence-corrected chi connectivity index (χ0v) is 20.2. The van der Waals surface area contributed by atoms with Crippen molar-refractivity contribution in [3.05, 3.63) is 35.4 Å². The molecule has 3 atom stereocenters. The van der Waals surface area contributed by atoms with Gasteiger partial charge in [0.2, 0.25) is 5.95 Å². The fourth-order valence-electron chi connectivity index (χ4n) is 4.41. The Morgan fingerprint density at radius 3 is 2.70 bits per heavy atom. The van der Waals surface area contributed by atoms with Gasteiger partial charge in [0.25, 0.3) is 0 Å². The van der Waals surface area contributed by atoms with Crippen LogP contribution in [0.15, 0.2) is 18.3 Å². The van der Waals surface area contributed by atoms with Crippen LogP contribution in [-0.4, -0.2) is 55.3 Å². The van der Waals surface area contributed by atoms with Crippen molar-refractivity contribution < 1.29 is 31.8 Å². The predicted octanol–water partition coefficient (Wildman–Crippen LogP) is 4.83. The quantitative estimate of drug-likeness (QED) is 0.361. The van der Waals surface area contributed by atoms with E-state index in [2.05, 4.69) is 35.5 Å². The minimum absolute atomic E-state index is 0.102. The first-order chi connectivity index (χ1) is 17.5. The Morgan fingerprint density at radius 1 is 1.22 bits per heavy atom. The lowest BCUT2D eigenvalue weighted by Crippen LogP contribution is -2.35. The summed E-state index contributed by atoms with van der Waals surface area (Å²) in [7, 11) is 0. The van der Waals surface area contributed by atoms with E-state index < -0.39 is 31.3 Å². The predicted molar refractivity (Wildman–Crippen MR) is 123 cm³/mol. The topological polar surface area (TPSA) is 118 Å². The highest BCUT2D eigenvalue weighted by molar-refractivity contribution is 5.67. The fourth-order valence-corrected chi connectivity index (χ4v) is 4.41. The lowest BCUT2D eigenvalue weighted by Gasteiger charge is -2.16. The third-order valence-corrected chi connectivity index (χ3v) is 6.27. The van der Waals surface area contributed by atoms with Gasteiger partial charge in [0.15, 0.2) is 5.82 Å². The van der Waals surface area contributed by atoms with Gasteiger partial charge >= 0.3 is 12.5 Å².